The molecule has 2 aromatic heterocycles. The molecule has 0 fully saturated rings. The fourth-order valence-electron chi connectivity index (χ4n) is 2.07. The summed E-state index contributed by atoms with van der Waals surface area (Å²) in [5.74, 6) is 0.260. The zero-order valence-corrected chi connectivity index (χ0v) is 12.4. The molecular weight excluding hydrogens is 316 g/mol. The smallest absolute Gasteiger partial charge is 0.253 e. The van der Waals surface area contributed by atoms with Crippen molar-refractivity contribution < 1.29 is 9.90 Å². The predicted octanol–water partition coefficient (Wildman–Crippen LogP) is 2.89. The minimum atomic E-state index is -0.605. The summed E-state index contributed by atoms with van der Waals surface area (Å²) in [6.45, 7) is 0. The first kappa shape index (κ1) is 14.8. The molecule has 0 aliphatic carbocycles. The second-order valence-corrected chi connectivity index (χ2v) is 5.00. The number of carbonyl (C=O) groups excluding carboxylic acids is 1. The molecule has 0 amide bonds. The van der Waals surface area contributed by atoms with Crippen LogP contribution in [0.15, 0.2) is 48.8 Å². The van der Waals surface area contributed by atoms with Crippen LogP contribution in [0.2, 0.25) is 0 Å². The number of pyridine rings is 1. The van der Waals surface area contributed by atoms with E-state index < -0.39 is 5.24 Å². The van der Waals surface area contributed by atoms with Gasteiger partial charge in [0.05, 0.1) is 29.0 Å². The van der Waals surface area contributed by atoms with Crippen LogP contribution >= 0.6 is 11.6 Å². The molecule has 3 rings (SSSR count). The second-order valence-electron chi connectivity index (χ2n) is 4.66. The molecule has 0 spiro atoms. The van der Waals surface area contributed by atoms with Crippen molar-refractivity contribution in [2.24, 2.45) is 0 Å². The summed E-state index contributed by atoms with van der Waals surface area (Å²) >= 11 is 5.37. The van der Waals surface area contributed by atoms with Crippen LogP contribution in [0, 0.1) is 11.3 Å². The van der Waals surface area contributed by atoms with Gasteiger partial charge < -0.3 is 5.11 Å². The highest BCUT2D eigenvalue weighted by molar-refractivity contribution is 6.67. The van der Waals surface area contributed by atoms with Gasteiger partial charge in [0.25, 0.3) is 5.24 Å². The van der Waals surface area contributed by atoms with Crippen LogP contribution in [0.4, 0.5) is 0 Å². The Bertz CT molecular complexity index is 909. The molecule has 2 heterocycles. The molecule has 0 bridgehead atoms. The van der Waals surface area contributed by atoms with E-state index >= 15 is 0 Å². The maximum absolute atomic E-state index is 11.0. The van der Waals surface area contributed by atoms with E-state index in [4.69, 9.17) is 16.9 Å². The zero-order chi connectivity index (χ0) is 16.4. The second kappa shape index (κ2) is 5.91. The highest BCUT2D eigenvalue weighted by Gasteiger charge is 2.14. The number of carbonyl (C=O) groups is 1. The first-order valence-corrected chi connectivity index (χ1v) is 6.91. The van der Waals surface area contributed by atoms with Gasteiger partial charge in [0, 0.05) is 6.20 Å². The molecule has 0 aliphatic heterocycles. The Morgan fingerprint density at radius 1 is 1.17 bits per heavy atom. The van der Waals surface area contributed by atoms with Gasteiger partial charge in [0.1, 0.15) is 0 Å². The summed E-state index contributed by atoms with van der Waals surface area (Å²) in [6.07, 6.45) is 2.81. The van der Waals surface area contributed by atoms with E-state index in [-0.39, 0.29) is 11.4 Å². The Kier molecular flexibility index (Phi) is 3.79. The first-order chi connectivity index (χ1) is 11.1. The third-order valence-electron chi connectivity index (χ3n) is 3.26. The molecule has 6 nitrogen and oxygen atoms in total. The third-order valence-corrected chi connectivity index (χ3v) is 3.48. The van der Waals surface area contributed by atoms with Gasteiger partial charge in [-0.1, -0.05) is 12.1 Å². The van der Waals surface area contributed by atoms with Gasteiger partial charge in [-0.3, -0.25) is 4.79 Å². The average molecular weight is 325 g/mol. The van der Waals surface area contributed by atoms with Crippen LogP contribution < -0.4 is 0 Å². The van der Waals surface area contributed by atoms with Crippen molar-refractivity contribution in [1.29, 1.82) is 5.26 Å². The highest BCUT2D eigenvalue weighted by atomic mass is 35.5. The quantitative estimate of drug-likeness (QED) is 0.748. The van der Waals surface area contributed by atoms with Crippen LogP contribution in [0.1, 0.15) is 15.9 Å². The maximum Gasteiger partial charge on any atom is 0.253 e. The summed E-state index contributed by atoms with van der Waals surface area (Å²) in [4.78, 5) is 15.1. The predicted molar refractivity (Wildman–Crippen MR) is 83.4 cm³/mol. The molecule has 0 radical (unpaired) electrons. The summed E-state index contributed by atoms with van der Waals surface area (Å²) in [6, 6.07) is 11.8. The van der Waals surface area contributed by atoms with E-state index in [1.807, 2.05) is 6.07 Å². The van der Waals surface area contributed by atoms with Gasteiger partial charge >= 0.3 is 0 Å². The molecule has 0 aliphatic rings. The van der Waals surface area contributed by atoms with E-state index in [1.54, 1.807) is 24.3 Å². The first-order valence-electron chi connectivity index (χ1n) is 6.54. The lowest BCUT2D eigenvalue weighted by Gasteiger charge is -2.04. The van der Waals surface area contributed by atoms with E-state index in [0.29, 0.717) is 16.9 Å². The lowest BCUT2D eigenvalue weighted by atomic mass is 10.1. The zero-order valence-electron chi connectivity index (χ0n) is 11.6. The number of nitrogens with zero attached hydrogens (tertiary/aromatic N) is 4. The van der Waals surface area contributed by atoms with Crippen molar-refractivity contribution in [2.45, 2.75) is 0 Å². The number of aromatic nitrogens is 3. The fraction of sp³-hybridized carbons (Fsp3) is 0. The van der Waals surface area contributed by atoms with Crippen LogP contribution in [-0.4, -0.2) is 25.1 Å². The van der Waals surface area contributed by atoms with Crippen molar-refractivity contribution in [1.82, 2.24) is 14.8 Å². The van der Waals surface area contributed by atoms with Crippen molar-refractivity contribution >= 4 is 16.8 Å². The minimum absolute atomic E-state index is 0.0906. The van der Waals surface area contributed by atoms with Gasteiger partial charge in [0.2, 0.25) is 5.88 Å². The van der Waals surface area contributed by atoms with Crippen molar-refractivity contribution in [3.05, 3.63) is 59.9 Å². The number of benzene rings is 1. The third kappa shape index (κ3) is 2.78. The van der Waals surface area contributed by atoms with Crippen LogP contribution in [0.5, 0.6) is 5.88 Å². The van der Waals surface area contributed by atoms with Crippen molar-refractivity contribution in [3.63, 3.8) is 0 Å². The van der Waals surface area contributed by atoms with Gasteiger partial charge in [0.15, 0.2) is 5.82 Å². The number of rotatable bonds is 3. The SMILES string of the molecule is N#Cc1ccc(-c2cnn(-c3ccc(C(=O)Cl)cn3)c2O)cc1. The number of aromatic hydroxyl groups is 1. The Morgan fingerprint density at radius 2 is 1.91 bits per heavy atom. The Balaban J connectivity index is 1.98. The molecule has 0 saturated heterocycles. The summed E-state index contributed by atoms with van der Waals surface area (Å²) in [5, 5.41) is 22.6. The molecule has 1 aromatic carbocycles. The topological polar surface area (TPSA) is 91.8 Å². The van der Waals surface area contributed by atoms with Crippen LogP contribution in [-0.2, 0) is 0 Å². The van der Waals surface area contributed by atoms with Gasteiger partial charge in [-0.2, -0.15) is 15.0 Å². The number of hydrogen-bond donors (Lipinski definition) is 1. The van der Waals surface area contributed by atoms with Crippen LogP contribution in [0.25, 0.3) is 16.9 Å². The molecule has 0 saturated carbocycles. The molecule has 0 atom stereocenters. The molecule has 1 N–H and O–H groups in total. The monoisotopic (exact) mass is 324 g/mol. The normalized spacial score (nSPS) is 10.3. The fourth-order valence-corrected chi connectivity index (χ4v) is 2.18. The molecular formula is C16H9ClN4O2. The van der Waals surface area contributed by atoms with E-state index in [9.17, 15) is 9.90 Å². The number of hydrogen-bond acceptors (Lipinski definition) is 5. The molecule has 23 heavy (non-hydrogen) atoms. The maximum atomic E-state index is 11.0. The lowest BCUT2D eigenvalue weighted by Crippen LogP contribution is -2.00. The van der Waals surface area contributed by atoms with Gasteiger partial charge in [-0.05, 0) is 41.4 Å². The Labute approximate surface area is 136 Å². The summed E-state index contributed by atoms with van der Waals surface area (Å²) in [7, 11) is 0. The standard InChI is InChI=1S/C16H9ClN4O2/c17-15(22)12-5-6-14(19-8-12)21-16(23)13(9-20-21)11-3-1-10(7-18)2-4-11/h1-6,8-9,23H. The van der Waals surface area contributed by atoms with Gasteiger partial charge in [-0.25, -0.2) is 4.98 Å². The van der Waals surface area contributed by atoms with Crippen molar-refractivity contribution in [2.75, 3.05) is 0 Å². The van der Waals surface area contributed by atoms with E-state index in [2.05, 4.69) is 10.1 Å². The summed E-state index contributed by atoms with van der Waals surface area (Å²) < 4.78 is 1.25. The minimum Gasteiger partial charge on any atom is -0.493 e. The van der Waals surface area contributed by atoms with Crippen molar-refractivity contribution in [3.8, 4) is 28.9 Å². The largest absolute Gasteiger partial charge is 0.493 e. The summed E-state index contributed by atoms with van der Waals surface area (Å²) in [5.41, 5.74) is 2.02. The molecule has 112 valence electrons. The van der Waals surface area contributed by atoms with Gasteiger partial charge in [-0.15, -0.1) is 0 Å². The molecule has 0 unspecified atom stereocenters. The molecule has 3 aromatic rings. The number of nitriles is 1. The number of halogens is 1. The van der Waals surface area contributed by atoms with E-state index in [1.165, 1.54) is 29.2 Å². The Morgan fingerprint density at radius 3 is 2.48 bits per heavy atom. The average Bonchev–Trinajstić information content (AvgIpc) is 2.96. The van der Waals surface area contributed by atoms with E-state index in [0.717, 1.165) is 5.56 Å². The lowest BCUT2D eigenvalue weighted by molar-refractivity contribution is 0.108. The molecule has 7 heteroatoms. The highest BCUT2D eigenvalue weighted by Crippen LogP contribution is 2.30. The Hall–Kier alpha value is -3.17. The van der Waals surface area contributed by atoms with Crippen LogP contribution in [0.3, 0.4) is 0 Å².